The predicted molar refractivity (Wildman–Crippen MR) is 121 cm³/mol. The summed E-state index contributed by atoms with van der Waals surface area (Å²) in [5.41, 5.74) is 2.45. The standard InChI is InChI=1S/C25H18F2N4O2/c1-14(15-2-5-17(26)6-3-15)29-24(32)16-4-11-22-20(12-16)23-21(13-28-22)25(33)31(30-23)19-9-7-18(27)8-10-19/h2-14,30H,1H3,(H,29,32)/t14-/m0/s1. The highest BCUT2D eigenvalue weighted by Gasteiger charge is 2.16. The molecule has 0 saturated carbocycles. The topological polar surface area (TPSA) is 79.8 Å². The molecule has 6 nitrogen and oxygen atoms in total. The lowest BCUT2D eigenvalue weighted by Crippen LogP contribution is -2.26. The Kier molecular flexibility index (Phi) is 4.97. The zero-order valence-electron chi connectivity index (χ0n) is 17.5. The summed E-state index contributed by atoms with van der Waals surface area (Å²) >= 11 is 0. The van der Waals surface area contributed by atoms with Crippen molar-refractivity contribution in [2.24, 2.45) is 0 Å². The van der Waals surface area contributed by atoms with Crippen LogP contribution < -0.4 is 10.9 Å². The van der Waals surface area contributed by atoms with E-state index in [2.05, 4.69) is 15.4 Å². The minimum atomic E-state index is -0.402. The van der Waals surface area contributed by atoms with Gasteiger partial charge >= 0.3 is 0 Å². The molecule has 0 aliphatic rings. The summed E-state index contributed by atoms with van der Waals surface area (Å²) in [6.45, 7) is 1.81. The number of halogens is 2. The third-order valence-corrected chi connectivity index (χ3v) is 5.59. The molecule has 0 bridgehead atoms. The van der Waals surface area contributed by atoms with Crippen molar-refractivity contribution < 1.29 is 13.6 Å². The van der Waals surface area contributed by atoms with Crippen LogP contribution in [0.5, 0.6) is 0 Å². The van der Waals surface area contributed by atoms with Gasteiger partial charge in [-0.3, -0.25) is 19.7 Å². The van der Waals surface area contributed by atoms with Crippen LogP contribution in [0.3, 0.4) is 0 Å². The molecule has 33 heavy (non-hydrogen) atoms. The quantitative estimate of drug-likeness (QED) is 0.424. The normalized spacial score (nSPS) is 12.2. The number of carbonyl (C=O) groups excluding carboxylic acids is 1. The van der Waals surface area contributed by atoms with E-state index in [9.17, 15) is 18.4 Å². The van der Waals surface area contributed by atoms with E-state index in [1.165, 1.54) is 47.3 Å². The SMILES string of the molecule is C[C@H](NC(=O)c1ccc2ncc3c(=O)n(-c4ccc(F)cc4)[nH]c3c2c1)c1ccc(F)cc1. The Balaban J connectivity index is 1.53. The zero-order chi connectivity index (χ0) is 23.1. The fraction of sp³-hybridized carbons (Fsp3) is 0.0800. The summed E-state index contributed by atoms with van der Waals surface area (Å²) in [6, 6.07) is 16.2. The van der Waals surface area contributed by atoms with Gasteiger partial charge in [0, 0.05) is 17.1 Å². The number of amides is 1. The van der Waals surface area contributed by atoms with Crippen LogP contribution in [0, 0.1) is 11.6 Å². The molecule has 5 rings (SSSR count). The third kappa shape index (κ3) is 3.76. The van der Waals surface area contributed by atoms with E-state index in [4.69, 9.17) is 0 Å². The number of nitrogens with one attached hydrogen (secondary N) is 2. The van der Waals surface area contributed by atoms with Crippen molar-refractivity contribution in [2.45, 2.75) is 13.0 Å². The summed E-state index contributed by atoms with van der Waals surface area (Å²) in [4.78, 5) is 30.1. The van der Waals surface area contributed by atoms with Crippen LogP contribution in [0.4, 0.5) is 8.78 Å². The Morgan fingerprint density at radius 1 is 0.970 bits per heavy atom. The van der Waals surface area contributed by atoms with Crippen molar-refractivity contribution in [3.8, 4) is 5.69 Å². The maximum Gasteiger partial charge on any atom is 0.280 e. The fourth-order valence-electron chi connectivity index (χ4n) is 3.79. The van der Waals surface area contributed by atoms with E-state index in [-0.39, 0.29) is 23.3 Å². The van der Waals surface area contributed by atoms with Gasteiger partial charge in [0.05, 0.1) is 28.1 Å². The molecule has 0 saturated heterocycles. The first-order valence-corrected chi connectivity index (χ1v) is 10.3. The average Bonchev–Trinajstić information content (AvgIpc) is 3.16. The van der Waals surface area contributed by atoms with Crippen molar-refractivity contribution in [3.05, 3.63) is 106 Å². The molecule has 3 aromatic carbocycles. The number of rotatable bonds is 4. The maximum atomic E-state index is 13.3. The van der Waals surface area contributed by atoms with Crippen LogP contribution in [0.2, 0.25) is 0 Å². The van der Waals surface area contributed by atoms with Gasteiger partial charge in [0.2, 0.25) is 0 Å². The molecule has 2 N–H and O–H groups in total. The lowest BCUT2D eigenvalue weighted by atomic mass is 10.1. The van der Waals surface area contributed by atoms with E-state index in [1.54, 1.807) is 30.3 Å². The highest BCUT2D eigenvalue weighted by Crippen LogP contribution is 2.23. The molecular weight excluding hydrogens is 426 g/mol. The minimum absolute atomic E-state index is 0.314. The average molecular weight is 444 g/mol. The summed E-state index contributed by atoms with van der Waals surface area (Å²) in [5.74, 6) is -1.06. The third-order valence-electron chi connectivity index (χ3n) is 5.59. The van der Waals surface area contributed by atoms with Gasteiger partial charge < -0.3 is 5.32 Å². The Labute approximate surface area is 186 Å². The van der Waals surface area contributed by atoms with Gasteiger partial charge in [0.1, 0.15) is 11.6 Å². The second kappa shape index (κ2) is 7.98. The van der Waals surface area contributed by atoms with E-state index in [0.29, 0.717) is 33.1 Å². The van der Waals surface area contributed by atoms with Gasteiger partial charge in [-0.25, -0.2) is 13.5 Å². The molecule has 0 fully saturated rings. The number of H-pyrrole nitrogens is 1. The van der Waals surface area contributed by atoms with E-state index in [0.717, 1.165) is 5.56 Å². The molecule has 164 valence electrons. The highest BCUT2D eigenvalue weighted by atomic mass is 19.1. The molecular formula is C25H18F2N4O2. The lowest BCUT2D eigenvalue weighted by molar-refractivity contribution is 0.0940. The predicted octanol–water partition coefficient (Wildman–Crippen LogP) is 4.64. The van der Waals surface area contributed by atoms with Gasteiger partial charge in [-0.15, -0.1) is 0 Å². The van der Waals surface area contributed by atoms with Gasteiger partial charge in [-0.2, -0.15) is 0 Å². The number of benzene rings is 3. The lowest BCUT2D eigenvalue weighted by Gasteiger charge is -2.14. The number of fused-ring (bicyclic) bond motifs is 3. The van der Waals surface area contributed by atoms with Gasteiger partial charge in [-0.05, 0) is 67.1 Å². The van der Waals surface area contributed by atoms with E-state index >= 15 is 0 Å². The number of aromatic nitrogens is 3. The van der Waals surface area contributed by atoms with Crippen LogP contribution in [0.15, 0.2) is 77.7 Å². The number of aromatic amines is 1. The summed E-state index contributed by atoms with van der Waals surface area (Å²) in [5, 5.41) is 6.91. The first-order valence-electron chi connectivity index (χ1n) is 10.3. The van der Waals surface area contributed by atoms with Crippen LogP contribution >= 0.6 is 0 Å². The van der Waals surface area contributed by atoms with E-state index < -0.39 is 5.82 Å². The number of pyridine rings is 1. The number of hydrogen-bond donors (Lipinski definition) is 2. The molecule has 2 heterocycles. The Hall–Kier alpha value is -4.33. The van der Waals surface area contributed by atoms with Crippen molar-refractivity contribution >= 4 is 27.7 Å². The second-order valence-electron chi connectivity index (χ2n) is 7.75. The number of hydrogen-bond acceptors (Lipinski definition) is 3. The summed E-state index contributed by atoms with van der Waals surface area (Å²) in [6.07, 6.45) is 1.48. The van der Waals surface area contributed by atoms with Crippen molar-refractivity contribution in [1.29, 1.82) is 0 Å². The zero-order valence-corrected chi connectivity index (χ0v) is 17.5. The molecule has 5 aromatic rings. The van der Waals surface area contributed by atoms with Crippen molar-refractivity contribution in [3.63, 3.8) is 0 Å². The van der Waals surface area contributed by atoms with E-state index in [1.807, 2.05) is 6.92 Å². The molecule has 0 aliphatic heterocycles. The number of carbonyl (C=O) groups is 1. The highest BCUT2D eigenvalue weighted by molar-refractivity contribution is 6.06. The maximum absolute atomic E-state index is 13.3. The smallest absolute Gasteiger partial charge is 0.280 e. The van der Waals surface area contributed by atoms with Gasteiger partial charge in [0.25, 0.3) is 11.5 Å². The summed E-state index contributed by atoms with van der Waals surface area (Å²) < 4.78 is 27.8. The van der Waals surface area contributed by atoms with Crippen molar-refractivity contribution in [2.75, 3.05) is 0 Å². The Morgan fingerprint density at radius 3 is 2.33 bits per heavy atom. The molecule has 2 aromatic heterocycles. The van der Waals surface area contributed by atoms with Gasteiger partial charge in [0.15, 0.2) is 0 Å². The van der Waals surface area contributed by atoms with Crippen LogP contribution in [-0.4, -0.2) is 20.7 Å². The van der Waals surface area contributed by atoms with Crippen LogP contribution in [-0.2, 0) is 0 Å². The summed E-state index contributed by atoms with van der Waals surface area (Å²) in [7, 11) is 0. The Bertz CT molecular complexity index is 1550. The van der Waals surface area contributed by atoms with Crippen molar-refractivity contribution in [1.82, 2.24) is 20.1 Å². The van der Waals surface area contributed by atoms with Gasteiger partial charge in [-0.1, -0.05) is 12.1 Å². The molecule has 0 spiro atoms. The Morgan fingerprint density at radius 2 is 1.64 bits per heavy atom. The minimum Gasteiger partial charge on any atom is -0.346 e. The molecule has 0 radical (unpaired) electrons. The molecule has 1 amide bonds. The first-order chi connectivity index (χ1) is 15.9. The molecule has 8 heteroatoms. The number of nitrogens with zero attached hydrogens (tertiary/aromatic N) is 2. The van der Waals surface area contributed by atoms with Crippen LogP contribution in [0.25, 0.3) is 27.5 Å². The fourth-order valence-corrected chi connectivity index (χ4v) is 3.79. The monoisotopic (exact) mass is 444 g/mol. The molecule has 0 aliphatic carbocycles. The van der Waals surface area contributed by atoms with Crippen LogP contribution in [0.1, 0.15) is 28.9 Å². The molecule has 1 atom stereocenters. The first kappa shape index (κ1) is 20.6. The largest absolute Gasteiger partial charge is 0.346 e. The second-order valence-corrected chi connectivity index (χ2v) is 7.75. The molecule has 0 unspecified atom stereocenters.